The van der Waals surface area contributed by atoms with Gasteiger partial charge in [-0.3, -0.25) is 4.79 Å². The topological polar surface area (TPSA) is 73.9 Å². The van der Waals surface area contributed by atoms with E-state index in [0.717, 1.165) is 6.07 Å². The Morgan fingerprint density at radius 2 is 2.11 bits per heavy atom. The number of benzene rings is 2. The lowest BCUT2D eigenvalue weighted by molar-refractivity contribution is -0.148. The average molecular weight is 392 g/mol. The Balaban J connectivity index is 1.57. The van der Waals surface area contributed by atoms with Crippen molar-refractivity contribution in [3.8, 4) is 11.5 Å². The average Bonchev–Trinajstić information content (AvgIpc) is 3.09. The second kappa shape index (κ2) is 8.09. The lowest BCUT2D eigenvalue weighted by Crippen LogP contribution is -2.29. The van der Waals surface area contributed by atoms with Crippen LogP contribution in [-0.2, 0) is 14.3 Å². The van der Waals surface area contributed by atoms with Gasteiger partial charge in [0.25, 0.3) is 5.91 Å². The summed E-state index contributed by atoms with van der Waals surface area (Å²) in [6, 6.07) is 8.68. The van der Waals surface area contributed by atoms with Crippen molar-refractivity contribution in [2.24, 2.45) is 0 Å². The first kappa shape index (κ1) is 18.7. The number of rotatable bonds is 5. The molecular weight excluding hydrogens is 377 g/mol. The molecule has 140 valence electrons. The van der Waals surface area contributed by atoms with Crippen LogP contribution >= 0.6 is 11.6 Å². The molecule has 6 nitrogen and oxygen atoms in total. The van der Waals surface area contributed by atoms with Gasteiger partial charge in [-0.25, -0.2) is 9.18 Å². The van der Waals surface area contributed by atoms with E-state index < -0.39 is 23.8 Å². The third-order valence-electron chi connectivity index (χ3n) is 3.62. The number of carbonyl (C=O) groups is 2. The van der Waals surface area contributed by atoms with Gasteiger partial charge in [0.1, 0.15) is 5.82 Å². The zero-order valence-corrected chi connectivity index (χ0v) is 15.0. The molecule has 0 saturated heterocycles. The summed E-state index contributed by atoms with van der Waals surface area (Å²) in [5.74, 6) is -0.834. The van der Waals surface area contributed by atoms with Crippen LogP contribution in [0.2, 0.25) is 5.02 Å². The summed E-state index contributed by atoms with van der Waals surface area (Å²) < 4.78 is 28.6. The summed E-state index contributed by atoms with van der Waals surface area (Å²) in [4.78, 5) is 23.9. The van der Waals surface area contributed by atoms with E-state index in [1.807, 2.05) is 0 Å². The molecule has 2 aromatic rings. The van der Waals surface area contributed by atoms with Gasteiger partial charge in [0, 0.05) is 11.8 Å². The summed E-state index contributed by atoms with van der Waals surface area (Å²) in [7, 11) is 0. The van der Waals surface area contributed by atoms with Crippen LogP contribution in [-0.4, -0.2) is 24.8 Å². The highest BCUT2D eigenvalue weighted by Crippen LogP contribution is 2.40. The molecule has 0 spiro atoms. The van der Waals surface area contributed by atoms with Gasteiger partial charge >= 0.3 is 5.97 Å². The van der Waals surface area contributed by atoms with Crippen LogP contribution in [0.25, 0.3) is 6.08 Å². The molecule has 3 rings (SSSR count). The summed E-state index contributed by atoms with van der Waals surface area (Å²) in [5.41, 5.74) is 0.881. The van der Waals surface area contributed by atoms with E-state index in [1.165, 1.54) is 37.3 Å². The van der Waals surface area contributed by atoms with Gasteiger partial charge in [-0.1, -0.05) is 17.7 Å². The molecule has 1 atom stereocenters. The molecule has 0 aromatic heterocycles. The monoisotopic (exact) mass is 391 g/mol. The lowest BCUT2D eigenvalue weighted by Gasteiger charge is -2.12. The molecule has 1 heterocycles. The number of ether oxygens (including phenoxy) is 3. The number of esters is 1. The Hall–Kier alpha value is -3.06. The lowest BCUT2D eigenvalue weighted by atomic mass is 10.2. The number of carbonyl (C=O) groups excluding carboxylic acids is 2. The van der Waals surface area contributed by atoms with Gasteiger partial charge in [0.2, 0.25) is 6.79 Å². The molecule has 0 bridgehead atoms. The van der Waals surface area contributed by atoms with Crippen molar-refractivity contribution in [2.75, 3.05) is 12.1 Å². The van der Waals surface area contributed by atoms with Gasteiger partial charge < -0.3 is 19.5 Å². The third-order valence-corrected chi connectivity index (χ3v) is 3.90. The Morgan fingerprint density at radius 1 is 1.30 bits per heavy atom. The molecule has 0 unspecified atom stereocenters. The molecule has 1 amide bonds. The van der Waals surface area contributed by atoms with Crippen LogP contribution in [0.5, 0.6) is 11.5 Å². The predicted molar refractivity (Wildman–Crippen MR) is 97.2 cm³/mol. The van der Waals surface area contributed by atoms with E-state index >= 15 is 0 Å². The summed E-state index contributed by atoms with van der Waals surface area (Å²) in [6.45, 7) is 1.50. The number of hydrogen-bond donors (Lipinski definition) is 1. The van der Waals surface area contributed by atoms with Crippen molar-refractivity contribution in [1.29, 1.82) is 0 Å². The second-order valence-corrected chi connectivity index (χ2v) is 6.06. The minimum atomic E-state index is -1.06. The van der Waals surface area contributed by atoms with E-state index in [-0.39, 0.29) is 12.5 Å². The highest BCUT2D eigenvalue weighted by Gasteiger charge is 2.19. The Morgan fingerprint density at radius 3 is 2.89 bits per heavy atom. The minimum absolute atomic E-state index is 0.0855. The largest absolute Gasteiger partial charge is 0.454 e. The SMILES string of the molecule is C[C@H](OC(=O)/C=C/c1cc(Cl)c2c(c1)OCO2)C(=O)Nc1cccc(F)c1. The van der Waals surface area contributed by atoms with Crippen molar-refractivity contribution in [3.63, 3.8) is 0 Å². The molecule has 0 fully saturated rings. The molecule has 2 aromatic carbocycles. The Bertz CT molecular complexity index is 915. The van der Waals surface area contributed by atoms with Gasteiger partial charge in [-0.15, -0.1) is 0 Å². The Labute approximate surface area is 159 Å². The van der Waals surface area contributed by atoms with Gasteiger partial charge in [-0.05, 0) is 48.9 Å². The first-order chi connectivity index (χ1) is 12.9. The van der Waals surface area contributed by atoms with Gasteiger partial charge in [0.05, 0.1) is 5.02 Å². The molecule has 0 saturated carbocycles. The molecule has 0 aliphatic carbocycles. The zero-order chi connectivity index (χ0) is 19.4. The third kappa shape index (κ3) is 4.77. The van der Waals surface area contributed by atoms with E-state index in [4.69, 9.17) is 25.8 Å². The summed E-state index contributed by atoms with van der Waals surface area (Å²) in [5, 5.41) is 2.83. The van der Waals surface area contributed by atoms with Crippen LogP contribution in [0.3, 0.4) is 0 Å². The molecule has 1 aliphatic heterocycles. The highest BCUT2D eigenvalue weighted by atomic mass is 35.5. The van der Waals surface area contributed by atoms with E-state index in [1.54, 1.807) is 12.1 Å². The quantitative estimate of drug-likeness (QED) is 0.620. The van der Waals surface area contributed by atoms with E-state index in [9.17, 15) is 14.0 Å². The molecular formula is C19H15ClFNO5. The number of amides is 1. The highest BCUT2D eigenvalue weighted by molar-refractivity contribution is 6.32. The van der Waals surface area contributed by atoms with E-state index in [2.05, 4.69) is 5.32 Å². The maximum atomic E-state index is 13.1. The normalized spacial score (nSPS) is 13.4. The van der Waals surface area contributed by atoms with Crippen LogP contribution < -0.4 is 14.8 Å². The number of nitrogens with one attached hydrogen (secondary N) is 1. The van der Waals surface area contributed by atoms with Crippen LogP contribution in [0.15, 0.2) is 42.5 Å². The minimum Gasteiger partial charge on any atom is -0.454 e. The van der Waals surface area contributed by atoms with Crippen LogP contribution in [0.1, 0.15) is 12.5 Å². The molecule has 27 heavy (non-hydrogen) atoms. The number of fused-ring (bicyclic) bond motifs is 1. The number of anilines is 1. The van der Waals surface area contributed by atoms with Crippen molar-refractivity contribution in [3.05, 3.63) is 58.9 Å². The molecule has 8 heteroatoms. The van der Waals surface area contributed by atoms with Crippen LogP contribution in [0, 0.1) is 5.82 Å². The number of hydrogen-bond acceptors (Lipinski definition) is 5. The predicted octanol–water partition coefficient (Wildman–Crippen LogP) is 3.79. The summed E-state index contributed by atoms with van der Waals surface area (Å²) >= 11 is 6.07. The zero-order valence-electron chi connectivity index (χ0n) is 14.2. The van der Waals surface area contributed by atoms with Crippen molar-refractivity contribution in [2.45, 2.75) is 13.0 Å². The first-order valence-electron chi connectivity index (χ1n) is 7.96. The van der Waals surface area contributed by atoms with Crippen molar-refractivity contribution < 1.29 is 28.2 Å². The molecule has 0 radical (unpaired) electrons. The smallest absolute Gasteiger partial charge is 0.331 e. The van der Waals surface area contributed by atoms with Crippen molar-refractivity contribution >= 4 is 35.2 Å². The second-order valence-electron chi connectivity index (χ2n) is 5.65. The standard InChI is InChI=1S/C19H15ClFNO5/c1-11(19(24)22-14-4-2-3-13(21)9-14)27-17(23)6-5-12-7-15(20)18-16(8-12)25-10-26-18/h2-9,11H,10H2,1H3,(H,22,24)/b6-5+/t11-/m0/s1. The molecule has 1 aliphatic rings. The number of halogens is 2. The van der Waals surface area contributed by atoms with Crippen molar-refractivity contribution in [1.82, 2.24) is 0 Å². The summed E-state index contributed by atoms with van der Waals surface area (Å²) in [6.07, 6.45) is 1.58. The first-order valence-corrected chi connectivity index (χ1v) is 8.34. The fourth-order valence-corrected chi connectivity index (χ4v) is 2.60. The van der Waals surface area contributed by atoms with E-state index in [0.29, 0.717) is 22.1 Å². The Kier molecular flexibility index (Phi) is 5.61. The fraction of sp³-hybridized carbons (Fsp3) is 0.158. The van der Waals surface area contributed by atoms with Gasteiger partial charge in [0.15, 0.2) is 17.6 Å². The van der Waals surface area contributed by atoms with Gasteiger partial charge in [-0.2, -0.15) is 0 Å². The maximum Gasteiger partial charge on any atom is 0.331 e. The molecule has 1 N–H and O–H groups in total. The maximum absolute atomic E-state index is 13.1. The van der Waals surface area contributed by atoms with Crippen LogP contribution in [0.4, 0.5) is 10.1 Å². The fourth-order valence-electron chi connectivity index (χ4n) is 2.32.